The van der Waals surface area contributed by atoms with E-state index < -0.39 is 30.9 Å². The summed E-state index contributed by atoms with van der Waals surface area (Å²) in [6.45, 7) is 0. The van der Waals surface area contributed by atoms with Crippen LogP contribution in [0, 0.1) is 11.3 Å². The van der Waals surface area contributed by atoms with Gasteiger partial charge in [0.15, 0.2) is 14.9 Å². The first-order chi connectivity index (χ1) is 8.24. The highest BCUT2D eigenvalue weighted by molar-refractivity contribution is 7.91. The van der Waals surface area contributed by atoms with Gasteiger partial charge in [-0.25, -0.2) is 26.7 Å². The fourth-order valence-electron chi connectivity index (χ4n) is 1.94. The van der Waals surface area contributed by atoms with Gasteiger partial charge in [0.2, 0.25) is 0 Å². The maximum atomic E-state index is 11.4. The van der Waals surface area contributed by atoms with Crippen molar-refractivity contribution in [3.05, 3.63) is 11.8 Å². The molecular weight excluding hydrogens is 280 g/mol. The molecule has 0 radical (unpaired) electrons. The lowest BCUT2D eigenvalue weighted by Gasteiger charge is -2.11. The number of sulfonamides is 1. The van der Waals surface area contributed by atoms with Crippen molar-refractivity contribution in [2.45, 2.75) is 17.5 Å². The van der Waals surface area contributed by atoms with E-state index in [4.69, 9.17) is 10.4 Å². The van der Waals surface area contributed by atoms with Crippen molar-refractivity contribution < 1.29 is 16.8 Å². The molecule has 1 fully saturated rings. The van der Waals surface area contributed by atoms with Crippen LogP contribution in [-0.4, -0.2) is 38.1 Å². The van der Waals surface area contributed by atoms with Gasteiger partial charge in [-0.05, 0) is 6.42 Å². The van der Waals surface area contributed by atoms with E-state index >= 15 is 0 Å². The third-order valence-corrected chi connectivity index (χ3v) is 5.39. The molecule has 1 atom stereocenters. The summed E-state index contributed by atoms with van der Waals surface area (Å²) >= 11 is 0. The minimum atomic E-state index is -4.12. The largest absolute Gasteiger partial charge is 0.256 e. The topological polar surface area (TPSA) is 136 Å². The van der Waals surface area contributed by atoms with E-state index in [0.717, 1.165) is 10.9 Å². The van der Waals surface area contributed by atoms with Crippen LogP contribution in [0.4, 0.5) is 0 Å². The van der Waals surface area contributed by atoms with Crippen molar-refractivity contribution in [1.29, 1.82) is 5.26 Å². The summed E-state index contributed by atoms with van der Waals surface area (Å²) in [7, 11) is -7.31. The number of hydrogen-bond acceptors (Lipinski definition) is 6. The second-order valence-corrected chi connectivity index (χ2v) is 7.73. The smallest absolute Gasteiger partial charge is 0.248 e. The number of primary sulfonamides is 1. The molecule has 1 aliphatic rings. The van der Waals surface area contributed by atoms with Gasteiger partial charge < -0.3 is 0 Å². The first-order valence-electron chi connectivity index (χ1n) is 4.95. The van der Waals surface area contributed by atoms with Crippen molar-refractivity contribution in [2.75, 3.05) is 11.5 Å². The molecule has 1 saturated heterocycles. The SMILES string of the molecule is N#Cc1cnn(C2CCS(=O)(=O)C2)c1S(N)(=O)=O. The van der Waals surface area contributed by atoms with E-state index in [2.05, 4.69) is 5.10 Å². The first kappa shape index (κ1) is 13.0. The fourth-order valence-corrected chi connectivity index (χ4v) is 4.49. The summed E-state index contributed by atoms with van der Waals surface area (Å²) in [6.07, 6.45) is 1.34. The molecule has 10 heteroatoms. The predicted octanol–water partition coefficient (Wildman–Crippen LogP) is -1.24. The van der Waals surface area contributed by atoms with Crippen molar-refractivity contribution in [2.24, 2.45) is 5.14 Å². The van der Waals surface area contributed by atoms with Crippen molar-refractivity contribution >= 4 is 19.9 Å². The number of aromatic nitrogens is 2. The van der Waals surface area contributed by atoms with Gasteiger partial charge in [-0.15, -0.1) is 0 Å². The summed E-state index contributed by atoms with van der Waals surface area (Å²) in [5.74, 6) is -0.217. The average Bonchev–Trinajstić information content (AvgIpc) is 2.79. The van der Waals surface area contributed by atoms with E-state index in [1.165, 1.54) is 0 Å². The number of nitrogens with zero attached hydrogens (tertiary/aromatic N) is 3. The van der Waals surface area contributed by atoms with Crippen LogP contribution in [0.15, 0.2) is 11.2 Å². The molecule has 2 heterocycles. The maximum absolute atomic E-state index is 11.4. The summed E-state index contributed by atoms with van der Waals surface area (Å²) in [4.78, 5) is 0. The standard InChI is InChI=1S/C8H10N4O4S2/c9-3-6-4-11-12(8(6)18(10,15)16)7-1-2-17(13,14)5-7/h4,7H,1-2,5H2,(H2,10,15,16). The fraction of sp³-hybridized carbons (Fsp3) is 0.500. The molecule has 2 N–H and O–H groups in total. The molecule has 0 aromatic carbocycles. The minimum Gasteiger partial charge on any atom is -0.248 e. The zero-order valence-electron chi connectivity index (χ0n) is 9.14. The van der Waals surface area contributed by atoms with Crippen LogP contribution >= 0.6 is 0 Å². The summed E-state index contributed by atoms with van der Waals surface area (Å²) in [5.41, 5.74) is -0.179. The number of nitriles is 1. The Morgan fingerprint density at radius 1 is 1.56 bits per heavy atom. The Hall–Kier alpha value is -1.44. The second-order valence-electron chi connectivity index (χ2n) is 4.02. The zero-order chi connectivity index (χ0) is 13.6. The van der Waals surface area contributed by atoms with Crippen molar-refractivity contribution in [3.8, 4) is 6.07 Å². The Balaban J connectivity index is 2.55. The van der Waals surface area contributed by atoms with Crippen molar-refractivity contribution in [1.82, 2.24) is 9.78 Å². The molecule has 18 heavy (non-hydrogen) atoms. The molecule has 1 aliphatic heterocycles. The Morgan fingerprint density at radius 2 is 2.22 bits per heavy atom. The van der Waals surface area contributed by atoms with E-state index in [-0.39, 0.29) is 23.5 Å². The Bertz CT molecular complexity index is 726. The third-order valence-electron chi connectivity index (χ3n) is 2.69. The monoisotopic (exact) mass is 290 g/mol. The van der Waals surface area contributed by atoms with Crippen LogP contribution in [-0.2, 0) is 19.9 Å². The van der Waals surface area contributed by atoms with Crippen LogP contribution in [0.2, 0.25) is 0 Å². The molecule has 98 valence electrons. The molecular formula is C8H10N4O4S2. The number of rotatable bonds is 2. The Kier molecular flexibility index (Phi) is 2.92. The van der Waals surface area contributed by atoms with Gasteiger partial charge in [0.05, 0.1) is 23.7 Å². The molecule has 1 unspecified atom stereocenters. The first-order valence-corrected chi connectivity index (χ1v) is 8.32. The summed E-state index contributed by atoms with van der Waals surface area (Å²) in [6, 6.07) is 1.08. The van der Waals surface area contributed by atoms with Crippen LogP contribution < -0.4 is 5.14 Å². The van der Waals surface area contributed by atoms with Gasteiger partial charge in [-0.1, -0.05) is 0 Å². The summed E-state index contributed by atoms with van der Waals surface area (Å²) in [5, 5.41) is 17.2. The maximum Gasteiger partial charge on any atom is 0.256 e. The minimum absolute atomic E-state index is 0.0243. The van der Waals surface area contributed by atoms with Crippen LogP contribution in [0.25, 0.3) is 0 Å². The van der Waals surface area contributed by atoms with Gasteiger partial charge in [-0.2, -0.15) is 10.4 Å². The van der Waals surface area contributed by atoms with Crippen LogP contribution in [0.5, 0.6) is 0 Å². The van der Waals surface area contributed by atoms with Gasteiger partial charge in [-0.3, -0.25) is 0 Å². The molecule has 0 amide bonds. The van der Waals surface area contributed by atoms with Crippen LogP contribution in [0.3, 0.4) is 0 Å². The second kappa shape index (κ2) is 4.04. The zero-order valence-corrected chi connectivity index (χ0v) is 10.8. The predicted molar refractivity (Wildman–Crippen MR) is 60.6 cm³/mol. The third kappa shape index (κ3) is 2.24. The molecule has 8 nitrogen and oxygen atoms in total. The lowest BCUT2D eigenvalue weighted by molar-refractivity contribution is 0.454. The van der Waals surface area contributed by atoms with Gasteiger partial charge in [0, 0.05) is 0 Å². The Morgan fingerprint density at radius 3 is 2.67 bits per heavy atom. The number of hydrogen-bond donors (Lipinski definition) is 1. The lowest BCUT2D eigenvalue weighted by atomic mass is 10.3. The lowest BCUT2D eigenvalue weighted by Crippen LogP contribution is -2.22. The highest BCUT2D eigenvalue weighted by atomic mass is 32.2. The van der Waals surface area contributed by atoms with Gasteiger partial charge >= 0.3 is 0 Å². The molecule has 1 aromatic rings. The molecule has 1 aromatic heterocycles. The van der Waals surface area contributed by atoms with E-state index in [0.29, 0.717) is 0 Å². The molecule has 0 spiro atoms. The van der Waals surface area contributed by atoms with E-state index in [1.807, 2.05) is 0 Å². The van der Waals surface area contributed by atoms with E-state index in [9.17, 15) is 16.8 Å². The highest BCUT2D eigenvalue weighted by Crippen LogP contribution is 2.27. The van der Waals surface area contributed by atoms with Crippen LogP contribution in [0.1, 0.15) is 18.0 Å². The molecule has 2 rings (SSSR count). The average molecular weight is 290 g/mol. The molecule has 0 aliphatic carbocycles. The van der Waals surface area contributed by atoms with Crippen molar-refractivity contribution in [3.63, 3.8) is 0 Å². The molecule has 0 saturated carbocycles. The van der Waals surface area contributed by atoms with Gasteiger partial charge in [0.1, 0.15) is 11.6 Å². The summed E-state index contributed by atoms with van der Waals surface area (Å²) < 4.78 is 46.6. The highest BCUT2D eigenvalue weighted by Gasteiger charge is 2.34. The number of nitrogens with two attached hydrogens (primary N) is 1. The quantitative estimate of drug-likeness (QED) is 0.723. The number of sulfone groups is 1. The molecule has 0 bridgehead atoms. The Labute approximate surface area is 104 Å². The van der Waals surface area contributed by atoms with Gasteiger partial charge in [0.25, 0.3) is 10.0 Å². The van der Waals surface area contributed by atoms with E-state index in [1.54, 1.807) is 6.07 Å². The normalized spacial score (nSPS) is 22.8.